The van der Waals surface area contributed by atoms with Crippen LogP contribution in [0, 0.1) is 17.5 Å². The van der Waals surface area contributed by atoms with Crippen molar-refractivity contribution in [3.8, 4) is 5.75 Å². The zero-order valence-electron chi connectivity index (χ0n) is 11.5. The van der Waals surface area contributed by atoms with Gasteiger partial charge in [-0.1, -0.05) is 13.3 Å². The van der Waals surface area contributed by atoms with E-state index in [1.807, 2.05) is 6.92 Å². The summed E-state index contributed by atoms with van der Waals surface area (Å²) >= 11 is 0. The van der Waals surface area contributed by atoms with Gasteiger partial charge in [-0.15, -0.1) is 0 Å². The number of rotatable bonds is 4. The van der Waals surface area contributed by atoms with Crippen molar-refractivity contribution in [2.45, 2.75) is 38.7 Å². The van der Waals surface area contributed by atoms with Crippen molar-refractivity contribution in [1.29, 1.82) is 0 Å². The summed E-state index contributed by atoms with van der Waals surface area (Å²) in [6.07, 6.45) is 4.42. The van der Waals surface area contributed by atoms with Crippen LogP contribution in [0.1, 0.15) is 32.6 Å². The quantitative estimate of drug-likeness (QED) is 0.481. The molecule has 1 aliphatic heterocycles. The van der Waals surface area contributed by atoms with Crippen LogP contribution >= 0.6 is 0 Å². The summed E-state index contributed by atoms with van der Waals surface area (Å²) in [5.74, 6) is -5.55. The predicted octanol–water partition coefficient (Wildman–Crippen LogP) is 3.87. The first-order chi connectivity index (χ1) is 10.0. The van der Waals surface area contributed by atoms with Crippen molar-refractivity contribution in [3.63, 3.8) is 0 Å². The van der Waals surface area contributed by atoms with Gasteiger partial charge in [0.1, 0.15) is 5.75 Å². The van der Waals surface area contributed by atoms with Crippen LogP contribution in [0.3, 0.4) is 0 Å². The van der Waals surface area contributed by atoms with Gasteiger partial charge in [-0.3, -0.25) is 0 Å². The van der Waals surface area contributed by atoms with Gasteiger partial charge in [-0.05, 0) is 19.3 Å². The second-order valence-corrected chi connectivity index (χ2v) is 4.82. The first-order valence-electron chi connectivity index (χ1n) is 6.72. The smallest absolute Gasteiger partial charge is 0.342 e. The molecule has 2 rings (SSSR count). The normalized spacial score (nSPS) is 17.9. The van der Waals surface area contributed by atoms with Crippen molar-refractivity contribution in [2.75, 3.05) is 0 Å². The van der Waals surface area contributed by atoms with Gasteiger partial charge < -0.3 is 9.47 Å². The van der Waals surface area contributed by atoms with Crippen molar-refractivity contribution in [1.82, 2.24) is 0 Å². The monoisotopic (exact) mass is 300 g/mol. The third-order valence-corrected chi connectivity index (χ3v) is 3.18. The van der Waals surface area contributed by atoms with Crippen LogP contribution in [-0.2, 0) is 9.53 Å². The van der Waals surface area contributed by atoms with Crippen LogP contribution in [0.4, 0.5) is 13.2 Å². The molecule has 0 aromatic heterocycles. The predicted molar refractivity (Wildman–Crippen MR) is 69.0 cm³/mol. The van der Waals surface area contributed by atoms with E-state index in [-0.39, 0.29) is 17.4 Å². The molecule has 21 heavy (non-hydrogen) atoms. The molecule has 0 bridgehead atoms. The summed E-state index contributed by atoms with van der Waals surface area (Å²) in [6.45, 7) is 2.04. The molecule has 1 aromatic carbocycles. The van der Waals surface area contributed by atoms with Crippen LogP contribution in [0.15, 0.2) is 24.0 Å². The molecule has 1 aliphatic rings. The first kappa shape index (κ1) is 15.4. The molecule has 0 spiro atoms. The summed E-state index contributed by atoms with van der Waals surface area (Å²) in [7, 11) is 0. The van der Waals surface area contributed by atoms with E-state index in [0.29, 0.717) is 25.0 Å². The molecule has 1 aromatic rings. The molecule has 6 heteroatoms. The summed E-state index contributed by atoms with van der Waals surface area (Å²) in [4.78, 5) is 11.8. The zero-order valence-corrected chi connectivity index (χ0v) is 11.5. The molecule has 0 aliphatic carbocycles. The molecule has 1 unspecified atom stereocenters. The Balaban J connectivity index is 2.02. The van der Waals surface area contributed by atoms with Crippen molar-refractivity contribution in [2.24, 2.45) is 0 Å². The van der Waals surface area contributed by atoms with E-state index in [1.165, 1.54) is 6.26 Å². The highest BCUT2D eigenvalue weighted by molar-refractivity contribution is 5.90. The highest BCUT2D eigenvalue weighted by Gasteiger charge is 2.22. The summed E-state index contributed by atoms with van der Waals surface area (Å²) in [5, 5.41) is 0. The lowest BCUT2D eigenvalue weighted by atomic mass is 10.0. The number of ether oxygens (including phenoxy) is 2. The molecule has 114 valence electrons. The topological polar surface area (TPSA) is 35.5 Å². The third kappa shape index (κ3) is 3.77. The second kappa shape index (κ2) is 6.65. The van der Waals surface area contributed by atoms with Gasteiger partial charge >= 0.3 is 5.97 Å². The fourth-order valence-electron chi connectivity index (χ4n) is 2.07. The summed E-state index contributed by atoms with van der Waals surface area (Å²) < 4.78 is 49.1. The molecule has 1 atom stereocenters. The number of hydrogen-bond donors (Lipinski definition) is 0. The van der Waals surface area contributed by atoms with E-state index in [2.05, 4.69) is 0 Å². The Kier molecular flexibility index (Phi) is 4.88. The highest BCUT2D eigenvalue weighted by atomic mass is 19.2. The van der Waals surface area contributed by atoms with Gasteiger partial charge in [-0.25, -0.2) is 18.0 Å². The van der Waals surface area contributed by atoms with E-state index in [4.69, 9.17) is 9.47 Å². The second-order valence-electron chi connectivity index (χ2n) is 4.82. The average Bonchev–Trinajstić information content (AvgIpc) is 2.45. The van der Waals surface area contributed by atoms with E-state index in [0.717, 1.165) is 12.8 Å². The molecule has 0 saturated carbocycles. The van der Waals surface area contributed by atoms with Crippen molar-refractivity contribution < 1.29 is 27.4 Å². The van der Waals surface area contributed by atoms with Crippen molar-refractivity contribution >= 4 is 5.97 Å². The fraction of sp³-hybridized carbons (Fsp3) is 0.400. The molecular formula is C15H15F3O3. The molecule has 0 fully saturated rings. The summed E-state index contributed by atoms with van der Waals surface area (Å²) in [6, 6.07) is 1.25. The lowest BCUT2D eigenvalue weighted by Gasteiger charge is -2.21. The van der Waals surface area contributed by atoms with Gasteiger partial charge in [0.25, 0.3) is 0 Å². The number of esters is 1. The first-order valence-corrected chi connectivity index (χ1v) is 6.72. The Hall–Kier alpha value is -1.98. The van der Waals surface area contributed by atoms with Crippen LogP contribution < -0.4 is 4.74 Å². The minimum absolute atomic E-state index is 0.0762. The highest BCUT2D eigenvalue weighted by Crippen LogP contribution is 2.24. The minimum atomic E-state index is -1.60. The SMILES string of the molecule is CCCC1CCC(C(=O)Oc2cc(F)c(F)c(F)c2)=CO1. The molecule has 3 nitrogen and oxygen atoms in total. The lowest BCUT2D eigenvalue weighted by Crippen LogP contribution is -2.20. The molecule has 1 heterocycles. The standard InChI is InChI=1S/C15H15F3O3/c1-2-3-10-5-4-9(8-20-10)15(19)21-11-6-12(16)14(18)13(17)7-11/h6-8,10H,2-5H2,1H3. The third-order valence-electron chi connectivity index (χ3n) is 3.18. The van der Waals surface area contributed by atoms with Gasteiger partial charge in [0, 0.05) is 12.1 Å². The number of carbonyl (C=O) groups is 1. The number of halogens is 3. The Bertz CT molecular complexity index is 546. The summed E-state index contributed by atoms with van der Waals surface area (Å²) in [5.41, 5.74) is 0.285. The lowest BCUT2D eigenvalue weighted by molar-refractivity contribution is -0.130. The van der Waals surface area contributed by atoms with E-state index >= 15 is 0 Å². The Labute approximate surface area is 120 Å². The fourth-order valence-corrected chi connectivity index (χ4v) is 2.07. The van der Waals surface area contributed by atoms with Crippen molar-refractivity contribution in [3.05, 3.63) is 41.4 Å². The number of hydrogen-bond acceptors (Lipinski definition) is 3. The van der Waals surface area contributed by atoms with Gasteiger partial charge in [0.2, 0.25) is 0 Å². The molecule has 0 saturated heterocycles. The number of benzene rings is 1. The van der Waals surface area contributed by atoms with Gasteiger partial charge in [-0.2, -0.15) is 0 Å². The molecular weight excluding hydrogens is 285 g/mol. The Morgan fingerprint density at radius 1 is 1.33 bits per heavy atom. The van der Waals surface area contributed by atoms with Crippen LogP contribution in [0.5, 0.6) is 5.75 Å². The number of carbonyl (C=O) groups excluding carboxylic acids is 1. The maximum absolute atomic E-state index is 13.0. The Morgan fingerprint density at radius 2 is 2.00 bits per heavy atom. The molecule has 0 radical (unpaired) electrons. The van der Waals surface area contributed by atoms with E-state index in [9.17, 15) is 18.0 Å². The molecule has 0 N–H and O–H groups in total. The van der Waals surface area contributed by atoms with Crippen LogP contribution in [0.2, 0.25) is 0 Å². The largest absolute Gasteiger partial charge is 0.497 e. The van der Waals surface area contributed by atoms with Crippen LogP contribution in [-0.4, -0.2) is 12.1 Å². The van der Waals surface area contributed by atoms with E-state index < -0.39 is 23.4 Å². The minimum Gasteiger partial charge on any atom is -0.497 e. The Morgan fingerprint density at radius 3 is 2.52 bits per heavy atom. The zero-order chi connectivity index (χ0) is 15.4. The van der Waals surface area contributed by atoms with Gasteiger partial charge in [0.05, 0.1) is 17.9 Å². The maximum Gasteiger partial charge on any atom is 0.342 e. The van der Waals surface area contributed by atoms with Gasteiger partial charge in [0.15, 0.2) is 17.5 Å². The van der Waals surface area contributed by atoms with Crippen LogP contribution in [0.25, 0.3) is 0 Å². The van der Waals surface area contributed by atoms with E-state index in [1.54, 1.807) is 0 Å². The molecule has 0 amide bonds. The average molecular weight is 300 g/mol. The maximum atomic E-state index is 13.0.